The van der Waals surface area contributed by atoms with Gasteiger partial charge in [-0.05, 0) is 67.6 Å². The molecule has 0 spiro atoms. The Bertz CT molecular complexity index is 982. The summed E-state index contributed by atoms with van der Waals surface area (Å²) in [7, 11) is 0. The maximum atomic E-state index is 14.3. The summed E-state index contributed by atoms with van der Waals surface area (Å²) in [6, 6.07) is 15.4. The SMILES string of the molecule is CCOc1ccc([C@H](c2nnnn2C(C)C)[NH+]2CCN(c3ccccc3F)CC2)cc1. The van der Waals surface area contributed by atoms with Gasteiger partial charge in [-0.2, -0.15) is 0 Å². The molecule has 1 aliphatic rings. The van der Waals surface area contributed by atoms with E-state index in [-0.39, 0.29) is 17.9 Å². The van der Waals surface area contributed by atoms with Gasteiger partial charge in [0, 0.05) is 5.56 Å². The predicted molar refractivity (Wildman–Crippen MR) is 117 cm³/mol. The Balaban J connectivity index is 1.61. The molecule has 2 heterocycles. The third-order valence-corrected chi connectivity index (χ3v) is 5.80. The fraction of sp³-hybridized carbons (Fsp3) is 0.435. The van der Waals surface area contributed by atoms with E-state index in [9.17, 15) is 4.39 Å². The molecule has 0 amide bonds. The molecular weight excluding hydrogens is 395 g/mol. The second-order valence-electron chi connectivity index (χ2n) is 8.11. The van der Waals surface area contributed by atoms with Crippen LogP contribution in [0.3, 0.4) is 0 Å². The summed E-state index contributed by atoms with van der Waals surface area (Å²) in [5.41, 5.74) is 1.82. The molecular formula is C23H30FN6O+. The van der Waals surface area contributed by atoms with Crippen LogP contribution in [0.25, 0.3) is 0 Å². The highest BCUT2D eigenvalue weighted by molar-refractivity contribution is 5.47. The molecule has 164 valence electrons. The van der Waals surface area contributed by atoms with Crippen LogP contribution in [0.2, 0.25) is 0 Å². The molecule has 4 rings (SSSR count). The molecule has 1 fully saturated rings. The second kappa shape index (κ2) is 9.43. The van der Waals surface area contributed by atoms with E-state index >= 15 is 0 Å². The topological polar surface area (TPSA) is 60.5 Å². The van der Waals surface area contributed by atoms with E-state index in [2.05, 4.69) is 46.4 Å². The van der Waals surface area contributed by atoms with E-state index in [1.807, 2.05) is 35.9 Å². The number of hydrogen-bond acceptors (Lipinski definition) is 5. The average Bonchev–Trinajstić information content (AvgIpc) is 3.26. The van der Waals surface area contributed by atoms with Crippen molar-refractivity contribution in [2.24, 2.45) is 0 Å². The van der Waals surface area contributed by atoms with Crippen LogP contribution in [0, 0.1) is 5.82 Å². The van der Waals surface area contributed by atoms with Crippen LogP contribution >= 0.6 is 0 Å². The average molecular weight is 426 g/mol. The molecule has 1 aliphatic heterocycles. The molecule has 7 nitrogen and oxygen atoms in total. The van der Waals surface area contributed by atoms with Gasteiger partial charge in [-0.3, -0.25) is 0 Å². The lowest BCUT2D eigenvalue weighted by Crippen LogP contribution is -3.15. The van der Waals surface area contributed by atoms with Crippen molar-refractivity contribution in [2.75, 3.05) is 37.7 Å². The van der Waals surface area contributed by atoms with Gasteiger partial charge in [-0.15, -0.1) is 5.10 Å². The Hall–Kier alpha value is -3.00. The maximum absolute atomic E-state index is 14.3. The Labute approximate surface area is 182 Å². The first-order chi connectivity index (χ1) is 15.1. The zero-order valence-electron chi connectivity index (χ0n) is 18.3. The summed E-state index contributed by atoms with van der Waals surface area (Å²) in [6.45, 7) is 10.0. The fourth-order valence-corrected chi connectivity index (χ4v) is 4.28. The molecule has 8 heteroatoms. The second-order valence-corrected chi connectivity index (χ2v) is 8.11. The first kappa shape index (κ1) is 21.2. The largest absolute Gasteiger partial charge is 0.494 e. The number of tetrazole rings is 1. The molecule has 1 atom stereocenters. The number of hydrogen-bond donors (Lipinski definition) is 1. The normalized spacial score (nSPS) is 16.0. The number of ether oxygens (including phenoxy) is 1. The van der Waals surface area contributed by atoms with E-state index in [4.69, 9.17) is 4.74 Å². The third kappa shape index (κ3) is 4.54. The number of anilines is 1. The van der Waals surface area contributed by atoms with Crippen molar-refractivity contribution in [3.05, 3.63) is 65.7 Å². The van der Waals surface area contributed by atoms with E-state index < -0.39 is 0 Å². The van der Waals surface area contributed by atoms with Gasteiger partial charge < -0.3 is 14.5 Å². The summed E-state index contributed by atoms with van der Waals surface area (Å²) in [4.78, 5) is 3.49. The number of rotatable bonds is 7. The minimum absolute atomic E-state index is 0.00385. The number of aromatic nitrogens is 4. The van der Waals surface area contributed by atoms with E-state index in [1.165, 1.54) is 11.0 Å². The predicted octanol–water partition coefficient (Wildman–Crippen LogP) is 2.29. The lowest BCUT2D eigenvalue weighted by molar-refractivity contribution is -0.927. The van der Waals surface area contributed by atoms with Crippen LogP contribution in [-0.2, 0) is 0 Å². The van der Waals surface area contributed by atoms with E-state index in [0.29, 0.717) is 12.3 Å². The van der Waals surface area contributed by atoms with Crippen molar-refractivity contribution in [3.8, 4) is 5.75 Å². The Morgan fingerprint density at radius 3 is 2.42 bits per heavy atom. The lowest BCUT2D eigenvalue weighted by Gasteiger charge is -2.37. The molecule has 1 saturated heterocycles. The smallest absolute Gasteiger partial charge is 0.214 e. The quantitative estimate of drug-likeness (QED) is 0.629. The van der Waals surface area contributed by atoms with Gasteiger partial charge in [0.25, 0.3) is 0 Å². The van der Waals surface area contributed by atoms with Gasteiger partial charge in [0.1, 0.15) is 11.6 Å². The number of para-hydroxylation sites is 1. The van der Waals surface area contributed by atoms with Crippen molar-refractivity contribution in [1.82, 2.24) is 20.2 Å². The summed E-state index contributed by atoms with van der Waals surface area (Å²) < 4.78 is 21.8. The van der Waals surface area contributed by atoms with Crippen molar-refractivity contribution in [3.63, 3.8) is 0 Å². The van der Waals surface area contributed by atoms with Crippen LogP contribution in [-0.4, -0.2) is 53.0 Å². The molecule has 0 aliphatic carbocycles. The standard InChI is InChI=1S/C23H29FN6O/c1-4-31-19-11-9-18(10-12-19)22(23-25-26-27-30(23)17(2)3)29-15-13-28(14-16-29)21-8-6-5-7-20(21)24/h5-12,17,22H,4,13-16H2,1-3H3/p+1/t22-/m1/s1. The molecule has 0 unspecified atom stereocenters. The minimum atomic E-state index is -0.169. The molecule has 0 radical (unpaired) electrons. The van der Waals surface area contributed by atoms with Gasteiger partial charge in [-0.1, -0.05) is 12.1 Å². The van der Waals surface area contributed by atoms with Crippen LogP contribution in [0.1, 0.15) is 44.2 Å². The summed E-state index contributed by atoms with van der Waals surface area (Å²) >= 11 is 0. The van der Waals surface area contributed by atoms with E-state index in [1.54, 1.807) is 6.07 Å². The summed E-state index contributed by atoms with van der Waals surface area (Å²) in [5, 5.41) is 12.6. The molecule has 31 heavy (non-hydrogen) atoms. The summed E-state index contributed by atoms with van der Waals surface area (Å²) in [5.74, 6) is 1.54. The number of benzene rings is 2. The Morgan fingerprint density at radius 1 is 1.06 bits per heavy atom. The number of quaternary nitrogens is 1. The van der Waals surface area contributed by atoms with E-state index in [0.717, 1.165) is 43.3 Å². The number of nitrogens with one attached hydrogen (secondary N) is 1. The number of halogens is 1. The monoisotopic (exact) mass is 425 g/mol. The zero-order valence-corrected chi connectivity index (χ0v) is 18.3. The highest BCUT2D eigenvalue weighted by Gasteiger charge is 2.35. The van der Waals surface area contributed by atoms with Gasteiger partial charge in [0.15, 0.2) is 6.04 Å². The molecule has 3 aromatic rings. The van der Waals surface area contributed by atoms with Gasteiger partial charge >= 0.3 is 0 Å². The van der Waals surface area contributed by atoms with Crippen LogP contribution < -0.4 is 14.5 Å². The van der Waals surface area contributed by atoms with Crippen LogP contribution in [0.15, 0.2) is 48.5 Å². The third-order valence-electron chi connectivity index (χ3n) is 5.80. The Morgan fingerprint density at radius 2 is 1.77 bits per heavy atom. The van der Waals surface area contributed by atoms with Crippen molar-refractivity contribution >= 4 is 5.69 Å². The fourth-order valence-electron chi connectivity index (χ4n) is 4.28. The first-order valence-electron chi connectivity index (χ1n) is 10.9. The molecule has 1 aromatic heterocycles. The highest BCUT2D eigenvalue weighted by Crippen LogP contribution is 2.23. The van der Waals surface area contributed by atoms with Gasteiger partial charge in [-0.25, -0.2) is 9.07 Å². The molecule has 1 N–H and O–H groups in total. The Kier molecular flexibility index (Phi) is 6.46. The van der Waals surface area contributed by atoms with Crippen molar-refractivity contribution in [1.29, 1.82) is 0 Å². The van der Waals surface area contributed by atoms with Crippen LogP contribution in [0.4, 0.5) is 10.1 Å². The zero-order chi connectivity index (χ0) is 21.8. The van der Waals surface area contributed by atoms with Crippen LogP contribution in [0.5, 0.6) is 5.75 Å². The molecule has 2 aromatic carbocycles. The van der Waals surface area contributed by atoms with Crippen molar-refractivity contribution in [2.45, 2.75) is 32.9 Å². The number of nitrogens with zero attached hydrogens (tertiary/aromatic N) is 5. The maximum Gasteiger partial charge on any atom is 0.214 e. The minimum Gasteiger partial charge on any atom is -0.494 e. The van der Waals surface area contributed by atoms with Gasteiger partial charge in [0.05, 0.1) is 44.5 Å². The molecule has 0 saturated carbocycles. The lowest BCUT2D eigenvalue weighted by atomic mass is 10.0. The first-order valence-corrected chi connectivity index (χ1v) is 10.9. The molecule has 0 bridgehead atoms. The summed E-state index contributed by atoms with van der Waals surface area (Å²) in [6.07, 6.45) is 0. The number of piperazine rings is 1. The highest BCUT2D eigenvalue weighted by atomic mass is 19.1. The van der Waals surface area contributed by atoms with Gasteiger partial charge in [0.2, 0.25) is 5.82 Å². The van der Waals surface area contributed by atoms with Crippen molar-refractivity contribution < 1.29 is 14.0 Å².